The van der Waals surface area contributed by atoms with Crippen LogP contribution in [0.15, 0.2) is 48.7 Å². The third-order valence-electron chi connectivity index (χ3n) is 4.37. The largest absolute Gasteiger partial charge is 0.497 e. The number of aryl methyl sites for hydroxylation is 1. The molecule has 1 heterocycles. The summed E-state index contributed by atoms with van der Waals surface area (Å²) in [6, 6.07) is 12.8. The third-order valence-corrected chi connectivity index (χ3v) is 4.37. The van der Waals surface area contributed by atoms with Crippen LogP contribution < -0.4 is 10.1 Å². The molecule has 0 aliphatic heterocycles. The van der Waals surface area contributed by atoms with Gasteiger partial charge < -0.3 is 14.8 Å². The molecule has 0 aliphatic carbocycles. The average Bonchev–Trinajstić information content (AvgIpc) is 2.68. The maximum absolute atomic E-state index is 13.1. The lowest BCUT2D eigenvalue weighted by atomic mass is 9.98. The van der Waals surface area contributed by atoms with Crippen LogP contribution in [0, 0.1) is 6.92 Å². The number of aromatic nitrogens is 1. The zero-order valence-corrected chi connectivity index (χ0v) is 16.1. The molecule has 0 saturated carbocycles. The summed E-state index contributed by atoms with van der Waals surface area (Å²) in [4.78, 5) is 29.5. The molecule has 1 N–H and O–H groups in total. The fourth-order valence-corrected chi connectivity index (χ4v) is 3.16. The van der Waals surface area contributed by atoms with E-state index < -0.39 is 5.97 Å². The van der Waals surface area contributed by atoms with Crippen molar-refractivity contribution in [2.24, 2.45) is 0 Å². The van der Waals surface area contributed by atoms with Gasteiger partial charge in [0.2, 0.25) is 0 Å². The second-order valence-electron chi connectivity index (χ2n) is 6.30. The van der Waals surface area contributed by atoms with Crippen LogP contribution >= 0.6 is 0 Å². The summed E-state index contributed by atoms with van der Waals surface area (Å²) in [6.07, 6.45) is 1.67. The molecule has 144 valence electrons. The van der Waals surface area contributed by atoms with Crippen LogP contribution in [-0.2, 0) is 16.0 Å². The molecule has 6 heteroatoms. The molecule has 0 fully saturated rings. The van der Waals surface area contributed by atoms with Gasteiger partial charge in [-0.1, -0.05) is 18.2 Å². The van der Waals surface area contributed by atoms with Gasteiger partial charge in [-0.05, 0) is 49.2 Å². The number of para-hydroxylation sites is 1. The lowest BCUT2D eigenvalue weighted by Gasteiger charge is -2.15. The van der Waals surface area contributed by atoms with Crippen molar-refractivity contribution >= 4 is 28.5 Å². The number of ether oxygens (including phenoxy) is 2. The van der Waals surface area contributed by atoms with Gasteiger partial charge in [-0.3, -0.25) is 14.6 Å². The normalized spacial score (nSPS) is 10.5. The number of methoxy groups -OCH3 is 1. The van der Waals surface area contributed by atoms with Crippen LogP contribution in [0.5, 0.6) is 5.75 Å². The number of hydrogen-bond donors (Lipinski definition) is 1. The molecule has 6 nitrogen and oxygen atoms in total. The number of esters is 1. The minimum Gasteiger partial charge on any atom is -0.497 e. The van der Waals surface area contributed by atoms with Crippen molar-refractivity contribution in [2.45, 2.75) is 20.3 Å². The smallest absolute Gasteiger partial charge is 0.310 e. The van der Waals surface area contributed by atoms with E-state index in [-0.39, 0.29) is 18.9 Å². The standard InChI is InChI=1S/C22H22N2O4/c1-4-28-19(25)13-16-12-17(27-3)11-14(2)20(16)22(26)24-18-9-5-7-15-8-6-10-23-21(15)18/h5-12H,4,13H2,1-3H3,(H,24,26). The third kappa shape index (κ3) is 4.11. The van der Waals surface area contributed by atoms with Crippen LogP contribution in [0.3, 0.4) is 0 Å². The van der Waals surface area contributed by atoms with E-state index in [2.05, 4.69) is 10.3 Å². The zero-order valence-electron chi connectivity index (χ0n) is 16.1. The number of nitrogens with zero attached hydrogens (tertiary/aromatic N) is 1. The number of carbonyl (C=O) groups excluding carboxylic acids is 2. The van der Waals surface area contributed by atoms with Crippen molar-refractivity contribution in [3.63, 3.8) is 0 Å². The van der Waals surface area contributed by atoms with E-state index in [9.17, 15) is 9.59 Å². The first-order valence-corrected chi connectivity index (χ1v) is 9.01. The van der Waals surface area contributed by atoms with Gasteiger partial charge in [-0.25, -0.2) is 0 Å². The minimum absolute atomic E-state index is 0.0115. The fourth-order valence-electron chi connectivity index (χ4n) is 3.16. The fraction of sp³-hybridized carbons (Fsp3) is 0.227. The van der Waals surface area contributed by atoms with Gasteiger partial charge in [-0.2, -0.15) is 0 Å². The number of amides is 1. The van der Waals surface area contributed by atoms with Gasteiger partial charge in [0, 0.05) is 17.1 Å². The van der Waals surface area contributed by atoms with Gasteiger partial charge in [0.25, 0.3) is 5.91 Å². The number of hydrogen-bond acceptors (Lipinski definition) is 5. The van der Waals surface area contributed by atoms with Gasteiger partial charge in [0.05, 0.1) is 31.3 Å². The Labute approximate surface area is 163 Å². The highest BCUT2D eigenvalue weighted by Crippen LogP contribution is 2.26. The number of nitrogens with one attached hydrogen (secondary N) is 1. The van der Waals surface area contributed by atoms with Crippen molar-refractivity contribution in [1.82, 2.24) is 4.98 Å². The monoisotopic (exact) mass is 378 g/mol. The van der Waals surface area contributed by atoms with Gasteiger partial charge >= 0.3 is 5.97 Å². The Bertz CT molecular complexity index is 1020. The summed E-state index contributed by atoms with van der Waals surface area (Å²) in [5, 5.41) is 3.86. The van der Waals surface area contributed by atoms with Crippen LogP contribution in [0.25, 0.3) is 10.9 Å². The Balaban J connectivity index is 1.99. The van der Waals surface area contributed by atoms with Gasteiger partial charge in [0.15, 0.2) is 0 Å². The molecule has 0 atom stereocenters. The Kier molecular flexibility index (Phi) is 5.89. The molecule has 0 aliphatic rings. The van der Waals surface area contributed by atoms with Crippen molar-refractivity contribution < 1.29 is 19.1 Å². The number of pyridine rings is 1. The van der Waals surface area contributed by atoms with Crippen LogP contribution in [-0.4, -0.2) is 30.6 Å². The first-order chi connectivity index (χ1) is 13.5. The van der Waals surface area contributed by atoms with E-state index in [4.69, 9.17) is 9.47 Å². The molecule has 0 bridgehead atoms. The summed E-state index contributed by atoms with van der Waals surface area (Å²) < 4.78 is 10.3. The highest BCUT2D eigenvalue weighted by atomic mass is 16.5. The highest BCUT2D eigenvalue weighted by Gasteiger charge is 2.20. The predicted molar refractivity (Wildman–Crippen MR) is 108 cm³/mol. The molecule has 0 unspecified atom stereocenters. The molecule has 0 spiro atoms. The topological polar surface area (TPSA) is 77.5 Å². The van der Waals surface area contributed by atoms with E-state index in [1.165, 1.54) is 0 Å². The Hall–Kier alpha value is -3.41. The second kappa shape index (κ2) is 8.52. The Morgan fingerprint density at radius 1 is 1.14 bits per heavy atom. The summed E-state index contributed by atoms with van der Waals surface area (Å²) in [7, 11) is 1.55. The summed E-state index contributed by atoms with van der Waals surface area (Å²) >= 11 is 0. The van der Waals surface area contributed by atoms with Crippen molar-refractivity contribution in [3.05, 3.63) is 65.4 Å². The number of rotatable bonds is 6. The van der Waals surface area contributed by atoms with E-state index >= 15 is 0 Å². The van der Waals surface area contributed by atoms with Crippen LogP contribution in [0.1, 0.15) is 28.4 Å². The van der Waals surface area contributed by atoms with E-state index in [0.717, 1.165) is 5.39 Å². The molecular formula is C22H22N2O4. The Morgan fingerprint density at radius 3 is 2.68 bits per heavy atom. The average molecular weight is 378 g/mol. The van der Waals surface area contributed by atoms with Crippen molar-refractivity contribution in [1.29, 1.82) is 0 Å². The van der Waals surface area contributed by atoms with Crippen LogP contribution in [0.4, 0.5) is 5.69 Å². The highest BCUT2D eigenvalue weighted by molar-refractivity contribution is 6.10. The van der Waals surface area contributed by atoms with Crippen molar-refractivity contribution in [3.8, 4) is 5.75 Å². The number of carbonyl (C=O) groups is 2. The zero-order chi connectivity index (χ0) is 20.1. The molecule has 3 rings (SSSR count). The van der Waals surface area contributed by atoms with Gasteiger partial charge in [-0.15, -0.1) is 0 Å². The molecule has 0 saturated heterocycles. The van der Waals surface area contributed by atoms with E-state index in [1.807, 2.05) is 31.2 Å². The van der Waals surface area contributed by atoms with Gasteiger partial charge in [0.1, 0.15) is 5.75 Å². The predicted octanol–water partition coefficient (Wildman–Crippen LogP) is 3.91. The molecule has 2 aromatic carbocycles. The number of fused-ring (bicyclic) bond motifs is 1. The first kappa shape index (κ1) is 19.4. The molecular weight excluding hydrogens is 356 g/mol. The SMILES string of the molecule is CCOC(=O)Cc1cc(OC)cc(C)c1C(=O)Nc1cccc2cccnc12. The maximum Gasteiger partial charge on any atom is 0.310 e. The minimum atomic E-state index is -0.393. The second-order valence-corrected chi connectivity index (χ2v) is 6.30. The quantitative estimate of drug-likeness (QED) is 0.658. The molecule has 1 amide bonds. The Morgan fingerprint density at radius 2 is 1.93 bits per heavy atom. The number of benzene rings is 2. The molecule has 28 heavy (non-hydrogen) atoms. The summed E-state index contributed by atoms with van der Waals surface area (Å²) in [5.74, 6) is -0.117. The number of anilines is 1. The first-order valence-electron chi connectivity index (χ1n) is 9.01. The summed E-state index contributed by atoms with van der Waals surface area (Å²) in [6.45, 7) is 3.84. The van der Waals surface area contributed by atoms with Crippen LogP contribution in [0.2, 0.25) is 0 Å². The van der Waals surface area contributed by atoms with E-state index in [0.29, 0.717) is 33.6 Å². The lowest BCUT2D eigenvalue weighted by Crippen LogP contribution is -2.19. The summed E-state index contributed by atoms with van der Waals surface area (Å²) in [5.41, 5.74) is 3.02. The van der Waals surface area contributed by atoms with E-state index in [1.54, 1.807) is 38.4 Å². The van der Waals surface area contributed by atoms with Crippen molar-refractivity contribution in [2.75, 3.05) is 19.0 Å². The molecule has 0 radical (unpaired) electrons. The lowest BCUT2D eigenvalue weighted by molar-refractivity contribution is -0.142. The maximum atomic E-state index is 13.1. The molecule has 3 aromatic rings. The molecule has 1 aromatic heterocycles.